The Morgan fingerprint density at radius 2 is 1.58 bits per heavy atom. The molecule has 1 fully saturated rings. The highest BCUT2D eigenvalue weighted by molar-refractivity contribution is 5.74. The van der Waals surface area contributed by atoms with Gasteiger partial charge in [-0.15, -0.1) is 0 Å². The van der Waals surface area contributed by atoms with Crippen molar-refractivity contribution in [3.63, 3.8) is 0 Å². The molecule has 36 heavy (non-hydrogen) atoms. The molecule has 0 amide bonds. The maximum Gasteiger partial charge on any atom is 0.320 e. The molecule has 0 aliphatic carbocycles. The van der Waals surface area contributed by atoms with Crippen molar-refractivity contribution in [1.82, 2.24) is 4.90 Å². The number of carboxylic acids is 1. The molecule has 1 N–H and O–H groups in total. The summed E-state index contributed by atoms with van der Waals surface area (Å²) >= 11 is 0. The Bertz CT molecular complexity index is 1140. The summed E-state index contributed by atoms with van der Waals surface area (Å²) < 4.78 is 23.2. The van der Waals surface area contributed by atoms with Gasteiger partial charge in [-0.3, -0.25) is 9.69 Å². The van der Waals surface area contributed by atoms with E-state index in [0.717, 1.165) is 29.5 Å². The summed E-state index contributed by atoms with van der Waals surface area (Å²) in [7, 11) is 4.83. The molecule has 0 aromatic heterocycles. The van der Waals surface area contributed by atoms with E-state index in [4.69, 9.17) is 18.9 Å². The lowest BCUT2D eigenvalue weighted by atomic mass is 9.90. The molecule has 3 aromatic rings. The topological polar surface area (TPSA) is 77.5 Å². The van der Waals surface area contributed by atoms with Crippen molar-refractivity contribution in [3.8, 4) is 23.0 Å². The normalized spacial score (nSPS) is 16.7. The van der Waals surface area contributed by atoms with Crippen molar-refractivity contribution in [2.45, 2.75) is 38.0 Å². The Kier molecular flexibility index (Phi) is 8.33. The van der Waals surface area contributed by atoms with Gasteiger partial charge in [0.1, 0.15) is 24.1 Å². The molecule has 7 nitrogen and oxygen atoms in total. The van der Waals surface area contributed by atoms with Gasteiger partial charge in [0.05, 0.1) is 32.9 Å². The van der Waals surface area contributed by atoms with E-state index in [1.54, 1.807) is 21.3 Å². The molecule has 2 unspecified atom stereocenters. The van der Waals surface area contributed by atoms with Crippen LogP contribution in [0.2, 0.25) is 0 Å². The second kappa shape index (κ2) is 11.8. The monoisotopic (exact) mass is 491 g/mol. The Balaban J connectivity index is 1.79. The third-order valence-electron chi connectivity index (χ3n) is 6.64. The van der Waals surface area contributed by atoms with Crippen LogP contribution in [0, 0.1) is 0 Å². The lowest BCUT2D eigenvalue weighted by molar-refractivity contribution is -0.145. The second-order valence-electron chi connectivity index (χ2n) is 8.75. The first-order valence-corrected chi connectivity index (χ1v) is 12.1. The molecule has 190 valence electrons. The van der Waals surface area contributed by atoms with Crippen molar-refractivity contribution in [1.29, 1.82) is 0 Å². The predicted molar refractivity (Wildman–Crippen MR) is 137 cm³/mol. The van der Waals surface area contributed by atoms with E-state index in [1.807, 2.05) is 71.6 Å². The smallest absolute Gasteiger partial charge is 0.320 e. The molecule has 1 heterocycles. The van der Waals surface area contributed by atoms with E-state index < -0.39 is 18.1 Å². The molecule has 7 heteroatoms. The van der Waals surface area contributed by atoms with Crippen LogP contribution in [0.3, 0.4) is 0 Å². The number of aliphatic carboxylic acids is 1. The zero-order valence-corrected chi connectivity index (χ0v) is 21.0. The number of carbonyl (C=O) groups is 1. The van der Waals surface area contributed by atoms with Gasteiger partial charge in [0, 0.05) is 0 Å². The molecule has 1 aliphatic heterocycles. The van der Waals surface area contributed by atoms with Crippen LogP contribution in [0.4, 0.5) is 0 Å². The first-order valence-electron chi connectivity index (χ1n) is 12.1. The number of likely N-dealkylation sites (tertiary alicyclic amines) is 1. The third kappa shape index (κ3) is 5.41. The predicted octanol–water partition coefficient (Wildman–Crippen LogP) is 5.32. The number of benzene rings is 3. The number of rotatable bonds is 10. The number of ether oxygens (including phenoxy) is 4. The molecule has 0 radical (unpaired) electrons. The van der Waals surface area contributed by atoms with Crippen LogP contribution in [0.15, 0.2) is 66.7 Å². The van der Waals surface area contributed by atoms with E-state index in [-0.39, 0.29) is 0 Å². The van der Waals surface area contributed by atoms with Gasteiger partial charge in [0.15, 0.2) is 11.5 Å². The average Bonchev–Trinajstić information content (AvgIpc) is 2.93. The highest BCUT2D eigenvalue weighted by atomic mass is 16.5. The zero-order valence-electron chi connectivity index (χ0n) is 21.0. The number of carboxylic acid groups (broad SMARTS) is 1. The number of piperidine rings is 1. The van der Waals surface area contributed by atoms with Gasteiger partial charge in [-0.2, -0.15) is 0 Å². The summed E-state index contributed by atoms with van der Waals surface area (Å²) in [5, 5.41) is 10.1. The Morgan fingerprint density at radius 3 is 2.22 bits per heavy atom. The lowest BCUT2D eigenvalue weighted by Gasteiger charge is -2.40. The van der Waals surface area contributed by atoms with E-state index in [1.165, 1.54) is 0 Å². The van der Waals surface area contributed by atoms with Crippen LogP contribution < -0.4 is 18.9 Å². The Morgan fingerprint density at radius 1 is 0.889 bits per heavy atom. The SMILES string of the molecule is COc1cc(C(c2c(OC)cccc2OC)N2CCCCC2C(=O)O)ccc1OCc1ccccc1. The zero-order chi connectivity index (χ0) is 25.5. The van der Waals surface area contributed by atoms with Gasteiger partial charge in [-0.05, 0) is 54.8 Å². The quantitative estimate of drug-likeness (QED) is 0.411. The van der Waals surface area contributed by atoms with Crippen molar-refractivity contribution < 1.29 is 28.8 Å². The van der Waals surface area contributed by atoms with Crippen molar-refractivity contribution in [2.24, 2.45) is 0 Å². The van der Waals surface area contributed by atoms with Crippen LogP contribution in [0.1, 0.15) is 42.0 Å². The molecule has 1 saturated heterocycles. The summed E-state index contributed by atoms with van der Waals surface area (Å²) in [5.41, 5.74) is 2.71. The Hall–Kier alpha value is -3.71. The lowest BCUT2D eigenvalue weighted by Crippen LogP contribution is -2.47. The number of hydrogen-bond acceptors (Lipinski definition) is 6. The molecular weight excluding hydrogens is 458 g/mol. The van der Waals surface area contributed by atoms with Crippen LogP contribution >= 0.6 is 0 Å². The first kappa shape index (κ1) is 25.4. The third-order valence-corrected chi connectivity index (χ3v) is 6.64. The highest BCUT2D eigenvalue weighted by Crippen LogP contribution is 2.45. The first-order chi connectivity index (χ1) is 17.6. The van der Waals surface area contributed by atoms with Crippen molar-refractivity contribution >= 4 is 5.97 Å². The van der Waals surface area contributed by atoms with E-state index in [9.17, 15) is 9.90 Å². The number of methoxy groups -OCH3 is 3. The van der Waals surface area contributed by atoms with E-state index in [2.05, 4.69) is 0 Å². The van der Waals surface area contributed by atoms with Crippen LogP contribution in [0.25, 0.3) is 0 Å². The van der Waals surface area contributed by atoms with Crippen LogP contribution in [-0.2, 0) is 11.4 Å². The van der Waals surface area contributed by atoms with Crippen LogP contribution in [-0.4, -0.2) is 49.9 Å². The fourth-order valence-corrected chi connectivity index (χ4v) is 4.91. The molecule has 0 spiro atoms. The average molecular weight is 492 g/mol. The summed E-state index contributed by atoms with van der Waals surface area (Å²) in [5.74, 6) is 1.63. The molecule has 2 atom stereocenters. The molecular formula is C29H33NO6. The molecule has 1 aliphatic rings. The fraction of sp³-hybridized carbons (Fsp3) is 0.345. The standard InChI is InChI=1S/C29H33NO6/c1-33-24-13-9-14-25(34-2)27(24)28(30-17-8-7-12-22(30)29(31)32)21-15-16-23(26(18-21)35-3)36-19-20-10-5-4-6-11-20/h4-6,9-11,13-16,18,22,28H,7-8,12,17,19H2,1-3H3,(H,31,32). The molecule has 4 rings (SSSR count). The summed E-state index contributed by atoms with van der Waals surface area (Å²) in [6.45, 7) is 1.05. The second-order valence-corrected chi connectivity index (χ2v) is 8.75. The van der Waals surface area contributed by atoms with E-state index in [0.29, 0.717) is 42.6 Å². The fourth-order valence-electron chi connectivity index (χ4n) is 4.91. The molecule has 0 bridgehead atoms. The van der Waals surface area contributed by atoms with Crippen molar-refractivity contribution in [2.75, 3.05) is 27.9 Å². The van der Waals surface area contributed by atoms with Gasteiger partial charge in [-0.1, -0.05) is 48.9 Å². The minimum absolute atomic E-state index is 0.410. The highest BCUT2D eigenvalue weighted by Gasteiger charge is 2.38. The van der Waals surface area contributed by atoms with Crippen molar-refractivity contribution in [3.05, 3.63) is 83.4 Å². The summed E-state index contributed by atoms with van der Waals surface area (Å²) in [6, 6.07) is 20.3. The minimum atomic E-state index is -0.830. The van der Waals surface area contributed by atoms with Gasteiger partial charge < -0.3 is 24.1 Å². The van der Waals surface area contributed by atoms with Gasteiger partial charge in [-0.25, -0.2) is 0 Å². The molecule has 3 aromatic carbocycles. The van der Waals surface area contributed by atoms with Crippen LogP contribution in [0.5, 0.6) is 23.0 Å². The Labute approximate surface area is 212 Å². The van der Waals surface area contributed by atoms with E-state index >= 15 is 0 Å². The largest absolute Gasteiger partial charge is 0.496 e. The minimum Gasteiger partial charge on any atom is -0.496 e. The summed E-state index contributed by atoms with van der Waals surface area (Å²) in [6.07, 6.45) is 2.37. The van der Waals surface area contributed by atoms with Gasteiger partial charge >= 0.3 is 5.97 Å². The molecule has 0 saturated carbocycles. The maximum absolute atomic E-state index is 12.3. The van der Waals surface area contributed by atoms with Gasteiger partial charge in [0.2, 0.25) is 0 Å². The number of nitrogens with zero attached hydrogens (tertiary/aromatic N) is 1. The maximum atomic E-state index is 12.3. The number of hydrogen-bond donors (Lipinski definition) is 1. The summed E-state index contributed by atoms with van der Waals surface area (Å²) in [4.78, 5) is 14.3. The van der Waals surface area contributed by atoms with Gasteiger partial charge in [0.25, 0.3) is 0 Å².